The van der Waals surface area contributed by atoms with Gasteiger partial charge >= 0.3 is 0 Å². The summed E-state index contributed by atoms with van der Waals surface area (Å²) in [5, 5.41) is 10.1. The Morgan fingerprint density at radius 2 is 2.29 bits per heavy atom. The second-order valence-electron chi connectivity index (χ2n) is 4.31. The van der Waals surface area contributed by atoms with E-state index in [1.54, 1.807) is 11.3 Å². The molecule has 1 saturated carbocycles. The molecule has 0 aromatic carbocycles. The van der Waals surface area contributed by atoms with Crippen LogP contribution in [0.3, 0.4) is 0 Å². The fourth-order valence-corrected chi connectivity index (χ4v) is 2.69. The summed E-state index contributed by atoms with van der Waals surface area (Å²) in [6.45, 7) is 4.37. The highest BCUT2D eigenvalue weighted by Gasteiger charge is 2.29. The van der Waals surface area contributed by atoms with E-state index in [-0.39, 0.29) is 0 Å². The first-order valence-corrected chi connectivity index (χ1v) is 5.92. The van der Waals surface area contributed by atoms with Crippen LogP contribution in [0, 0.1) is 17.2 Å². The van der Waals surface area contributed by atoms with Crippen molar-refractivity contribution in [1.82, 2.24) is 4.98 Å². The van der Waals surface area contributed by atoms with Crippen molar-refractivity contribution in [2.75, 3.05) is 0 Å². The maximum Gasteiger partial charge on any atom is 0.128 e. The van der Waals surface area contributed by atoms with E-state index >= 15 is 0 Å². The summed E-state index contributed by atoms with van der Waals surface area (Å²) in [7, 11) is 0. The van der Waals surface area contributed by atoms with Crippen molar-refractivity contribution in [3.8, 4) is 6.07 Å². The van der Waals surface area contributed by atoms with Gasteiger partial charge in [-0.3, -0.25) is 0 Å². The summed E-state index contributed by atoms with van der Waals surface area (Å²) in [4.78, 5) is 5.43. The number of nitriles is 1. The van der Waals surface area contributed by atoms with Crippen molar-refractivity contribution < 1.29 is 0 Å². The molecule has 3 heteroatoms. The van der Waals surface area contributed by atoms with E-state index in [2.05, 4.69) is 24.9 Å². The molecule has 0 atom stereocenters. The number of aromatic nitrogens is 1. The van der Waals surface area contributed by atoms with E-state index in [0.29, 0.717) is 11.8 Å². The monoisotopic (exact) mass is 206 g/mol. The van der Waals surface area contributed by atoms with Gasteiger partial charge in [-0.1, -0.05) is 13.8 Å². The van der Waals surface area contributed by atoms with Crippen molar-refractivity contribution in [2.45, 2.75) is 39.0 Å². The van der Waals surface area contributed by atoms with Crippen LogP contribution in [0.1, 0.15) is 48.2 Å². The van der Waals surface area contributed by atoms with Gasteiger partial charge in [-0.2, -0.15) is 5.26 Å². The lowest BCUT2D eigenvalue weighted by atomic mass is 10.1. The molecule has 14 heavy (non-hydrogen) atoms. The highest BCUT2D eigenvalue weighted by molar-refractivity contribution is 7.12. The van der Waals surface area contributed by atoms with Gasteiger partial charge in [0.2, 0.25) is 0 Å². The number of rotatable bonds is 3. The molecular weight excluding hydrogens is 192 g/mol. The van der Waals surface area contributed by atoms with E-state index in [0.717, 1.165) is 22.0 Å². The van der Waals surface area contributed by atoms with E-state index in [9.17, 15) is 0 Å². The van der Waals surface area contributed by atoms with Crippen molar-refractivity contribution in [2.24, 2.45) is 5.92 Å². The topological polar surface area (TPSA) is 36.7 Å². The largest absolute Gasteiger partial charge is 0.245 e. The van der Waals surface area contributed by atoms with Gasteiger partial charge in [-0.15, -0.1) is 11.3 Å². The van der Waals surface area contributed by atoms with E-state index in [1.807, 2.05) is 0 Å². The standard InChI is InChI=1S/C11H14N2S/c1-7(2)5-10-13-11(8-3-4-8)9(6-12)14-10/h7-8H,3-5H2,1-2H3. The van der Waals surface area contributed by atoms with Crippen molar-refractivity contribution in [1.29, 1.82) is 5.26 Å². The van der Waals surface area contributed by atoms with Crippen LogP contribution in [0.15, 0.2) is 0 Å². The summed E-state index contributed by atoms with van der Waals surface area (Å²) in [6.07, 6.45) is 3.45. The molecular formula is C11H14N2S. The average molecular weight is 206 g/mol. The predicted octanol–water partition coefficient (Wildman–Crippen LogP) is 3.09. The van der Waals surface area contributed by atoms with Crippen LogP contribution in [0.25, 0.3) is 0 Å². The Morgan fingerprint density at radius 1 is 1.57 bits per heavy atom. The van der Waals surface area contributed by atoms with Crippen molar-refractivity contribution in [3.63, 3.8) is 0 Å². The maximum atomic E-state index is 8.96. The molecule has 1 aliphatic carbocycles. The van der Waals surface area contributed by atoms with E-state index < -0.39 is 0 Å². The molecule has 0 radical (unpaired) electrons. The molecule has 0 saturated heterocycles. The lowest BCUT2D eigenvalue weighted by molar-refractivity contribution is 0.643. The minimum Gasteiger partial charge on any atom is -0.245 e. The Morgan fingerprint density at radius 3 is 2.79 bits per heavy atom. The van der Waals surface area contributed by atoms with E-state index in [1.165, 1.54) is 12.8 Å². The molecule has 1 aromatic rings. The van der Waals surface area contributed by atoms with Crippen LogP contribution >= 0.6 is 11.3 Å². The van der Waals surface area contributed by atoms with Gasteiger partial charge in [0.15, 0.2) is 0 Å². The summed E-state index contributed by atoms with van der Waals surface area (Å²) < 4.78 is 0. The first-order chi connectivity index (χ1) is 6.70. The predicted molar refractivity (Wildman–Crippen MR) is 57.3 cm³/mol. The fourth-order valence-electron chi connectivity index (χ4n) is 1.53. The Hall–Kier alpha value is -0.880. The highest BCUT2D eigenvalue weighted by Crippen LogP contribution is 2.42. The van der Waals surface area contributed by atoms with Crippen LogP contribution in [-0.4, -0.2) is 4.98 Å². The first kappa shape index (κ1) is 9.67. The number of thiazole rings is 1. The van der Waals surface area contributed by atoms with Crippen LogP contribution in [0.2, 0.25) is 0 Å². The van der Waals surface area contributed by atoms with Crippen LogP contribution in [0.5, 0.6) is 0 Å². The second-order valence-corrected chi connectivity index (χ2v) is 5.39. The molecule has 1 aliphatic rings. The third kappa shape index (κ3) is 1.96. The second kappa shape index (κ2) is 3.70. The van der Waals surface area contributed by atoms with Gasteiger partial charge in [0.1, 0.15) is 10.9 Å². The smallest absolute Gasteiger partial charge is 0.128 e. The van der Waals surface area contributed by atoms with Crippen LogP contribution < -0.4 is 0 Å². The minimum atomic E-state index is 0.599. The summed E-state index contributed by atoms with van der Waals surface area (Å²) >= 11 is 1.58. The Labute approximate surface area is 88.6 Å². The molecule has 0 unspecified atom stereocenters. The Balaban J connectivity index is 2.23. The molecule has 0 amide bonds. The molecule has 74 valence electrons. The van der Waals surface area contributed by atoms with Crippen molar-refractivity contribution >= 4 is 11.3 Å². The van der Waals surface area contributed by atoms with Gasteiger partial charge < -0.3 is 0 Å². The highest BCUT2D eigenvalue weighted by atomic mass is 32.1. The lowest BCUT2D eigenvalue weighted by Crippen LogP contribution is -1.93. The van der Waals surface area contributed by atoms with Crippen molar-refractivity contribution in [3.05, 3.63) is 15.6 Å². The molecule has 1 aromatic heterocycles. The molecule has 1 fully saturated rings. The Bertz CT molecular complexity index is 369. The zero-order valence-corrected chi connectivity index (χ0v) is 9.40. The van der Waals surface area contributed by atoms with Gasteiger partial charge in [-0.25, -0.2) is 4.98 Å². The molecule has 0 aliphatic heterocycles. The first-order valence-electron chi connectivity index (χ1n) is 5.10. The van der Waals surface area contributed by atoms with Gasteiger partial charge in [-0.05, 0) is 18.8 Å². The molecule has 0 bridgehead atoms. The molecule has 1 heterocycles. The minimum absolute atomic E-state index is 0.599. The Kier molecular flexibility index (Phi) is 2.56. The maximum absolute atomic E-state index is 8.96. The average Bonchev–Trinajstić information content (AvgIpc) is 2.88. The number of hydrogen-bond donors (Lipinski definition) is 0. The zero-order valence-electron chi connectivity index (χ0n) is 8.58. The molecule has 2 nitrogen and oxygen atoms in total. The third-order valence-corrected chi connectivity index (χ3v) is 3.34. The number of hydrogen-bond acceptors (Lipinski definition) is 3. The zero-order chi connectivity index (χ0) is 10.1. The van der Waals surface area contributed by atoms with Gasteiger partial charge in [0.05, 0.1) is 10.7 Å². The van der Waals surface area contributed by atoms with Crippen LogP contribution in [-0.2, 0) is 6.42 Å². The lowest BCUT2D eigenvalue weighted by Gasteiger charge is -1.98. The molecule has 2 rings (SSSR count). The van der Waals surface area contributed by atoms with Gasteiger partial charge in [0.25, 0.3) is 0 Å². The van der Waals surface area contributed by atoms with E-state index in [4.69, 9.17) is 5.26 Å². The summed E-state index contributed by atoms with van der Waals surface area (Å²) in [5.74, 6) is 1.22. The quantitative estimate of drug-likeness (QED) is 0.762. The molecule has 0 N–H and O–H groups in total. The third-order valence-electron chi connectivity index (χ3n) is 2.35. The van der Waals surface area contributed by atoms with Crippen LogP contribution in [0.4, 0.5) is 0 Å². The SMILES string of the molecule is CC(C)Cc1nc(C2CC2)c(C#N)s1. The van der Waals surface area contributed by atoms with Gasteiger partial charge in [0, 0.05) is 12.3 Å². The fraction of sp³-hybridized carbons (Fsp3) is 0.636. The summed E-state index contributed by atoms with van der Waals surface area (Å²) in [6, 6.07) is 2.27. The normalized spacial score (nSPS) is 15.9. The number of nitrogens with zero attached hydrogens (tertiary/aromatic N) is 2. The molecule has 0 spiro atoms. The summed E-state index contributed by atoms with van der Waals surface area (Å²) in [5.41, 5.74) is 1.08.